The van der Waals surface area contributed by atoms with Crippen LogP contribution < -0.4 is 4.74 Å². The van der Waals surface area contributed by atoms with Crippen molar-refractivity contribution in [2.75, 3.05) is 7.11 Å². The molecule has 4 heteroatoms. The van der Waals surface area contributed by atoms with Gasteiger partial charge in [-0.2, -0.15) is 0 Å². The summed E-state index contributed by atoms with van der Waals surface area (Å²) in [6.07, 6.45) is 4.80. The van der Waals surface area contributed by atoms with E-state index >= 15 is 0 Å². The van der Waals surface area contributed by atoms with E-state index < -0.39 is 0 Å². The molecule has 0 radical (unpaired) electrons. The molecule has 1 aliphatic carbocycles. The highest BCUT2D eigenvalue weighted by Crippen LogP contribution is 2.37. The Morgan fingerprint density at radius 2 is 2.12 bits per heavy atom. The summed E-state index contributed by atoms with van der Waals surface area (Å²) in [5.41, 5.74) is 0.784. The number of rotatable bonds is 3. The number of halogens is 2. The molecule has 0 aliphatic heterocycles. The van der Waals surface area contributed by atoms with Gasteiger partial charge in [-0.3, -0.25) is 0 Å². The highest BCUT2D eigenvalue weighted by molar-refractivity contribution is 9.10. The van der Waals surface area contributed by atoms with E-state index in [1.54, 1.807) is 7.11 Å². The van der Waals surface area contributed by atoms with Gasteiger partial charge in [0.05, 0.1) is 7.11 Å². The number of nitrogens with zero attached hydrogens (tertiary/aromatic N) is 1. The van der Waals surface area contributed by atoms with Gasteiger partial charge in [-0.1, -0.05) is 30.5 Å². The highest BCUT2D eigenvalue weighted by atomic mass is 79.9. The number of aliphatic imine (C=N–C) groups is 1. The minimum Gasteiger partial charge on any atom is -0.494 e. The zero-order valence-electron chi connectivity index (χ0n) is 9.75. The standard InChI is InChI=1S/C13H15BrClNO/c1-17-11-8-4-7-10(14)12(11)16-13(15)9-5-2-3-6-9/h4,7-9H,2-3,5-6H2,1H3. The van der Waals surface area contributed by atoms with Gasteiger partial charge < -0.3 is 4.74 Å². The monoisotopic (exact) mass is 315 g/mol. The van der Waals surface area contributed by atoms with Crippen molar-refractivity contribution in [1.82, 2.24) is 0 Å². The summed E-state index contributed by atoms with van der Waals surface area (Å²) in [6.45, 7) is 0. The van der Waals surface area contributed by atoms with Crippen molar-refractivity contribution >= 4 is 38.4 Å². The van der Waals surface area contributed by atoms with Gasteiger partial charge in [0.2, 0.25) is 0 Å². The molecule has 0 unspecified atom stereocenters. The Morgan fingerprint density at radius 1 is 1.41 bits per heavy atom. The van der Waals surface area contributed by atoms with E-state index in [2.05, 4.69) is 20.9 Å². The van der Waals surface area contributed by atoms with Crippen LogP contribution in [0.2, 0.25) is 0 Å². The van der Waals surface area contributed by atoms with E-state index in [9.17, 15) is 0 Å². The summed E-state index contributed by atoms with van der Waals surface area (Å²) >= 11 is 9.78. The maximum absolute atomic E-state index is 6.30. The molecular weight excluding hydrogens is 302 g/mol. The van der Waals surface area contributed by atoms with Gasteiger partial charge in [0.15, 0.2) is 0 Å². The molecule has 17 heavy (non-hydrogen) atoms. The van der Waals surface area contributed by atoms with Crippen molar-refractivity contribution in [3.8, 4) is 5.75 Å². The molecule has 2 rings (SSSR count). The highest BCUT2D eigenvalue weighted by Gasteiger charge is 2.20. The van der Waals surface area contributed by atoms with Crippen LogP contribution in [0.25, 0.3) is 0 Å². The molecule has 0 N–H and O–H groups in total. The Labute approximate surface area is 115 Å². The van der Waals surface area contributed by atoms with Gasteiger partial charge in [-0.25, -0.2) is 4.99 Å². The van der Waals surface area contributed by atoms with Gasteiger partial charge in [-0.05, 0) is 40.9 Å². The quantitative estimate of drug-likeness (QED) is 0.726. The van der Waals surface area contributed by atoms with Crippen molar-refractivity contribution < 1.29 is 4.74 Å². The second-order valence-corrected chi connectivity index (χ2v) is 5.45. The number of methoxy groups -OCH3 is 1. The molecule has 0 aromatic heterocycles. The summed E-state index contributed by atoms with van der Waals surface area (Å²) < 4.78 is 6.20. The van der Waals surface area contributed by atoms with Crippen molar-refractivity contribution in [1.29, 1.82) is 0 Å². The Bertz CT molecular complexity index is 427. The van der Waals surface area contributed by atoms with Gasteiger partial charge >= 0.3 is 0 Å². The van der Waals surface area contributed by atoms with Crippen molar-refractivity contribution in [3.63, 3.8) is 0 Å². The molecule has 0 heterocycles. The number of ether oxygens (including phenoxy) is 1. The molecule has 1 aromatic carbocycles. The molecule has 0 atom stereocenters. The first-order valence-corrected chi connectivity index (χ1v) is 6.96. The van der Waals surface area contributed by atoms with Crippen LogP contribution in [-0.4, -0.2) is 12.3 Å². The number of benzene rings is 1. The molecule has 1 fully saturated rings. The van der Waals surface area contributed by atoms with Crippen molar-refractivity contribution in [3.05, 3.63) is 22.7 Å². The summed E-state index contributed by atoms with van der Waals surface area (Å²) in [6, 6.07) is 5.76. The lowest BCUT2D eigenvalue weighted by Gasteiger charge is -2.09. The van der Waals surface area contributed by atoms with E-state index in [1.165, 1.54) is 12.8 Å². The minimum absolute atomic E-state index is 0.425. The molecule has 0 saturated heterocycles. The Hall–Kier alpha value is -0.540. The molecule has 2 nitrogen and oxygen atoms in total. The molecule has 92 valence electrons. The van der Waals surface area contributed by atoms with Crippen LogP contribution in [-0.2, 0) is 0 Å². The average molecular weight is 317 g/mol. The summed E-state index contributed by atoms with van der Waals surface area (Å²) in [5.74, 6) is 1.17. The summed E-state index contributed by atoms with van der Waals surface area (Å²) in [7, 11) is 1.64. The third-order valence-electron chi connectivity index (χ3n) is 3.08. The van der Waals surface area contributed by atoms with Gasteiger partial charge in [-0.15, -0.1) is 0 Å². The predicted octanol–water partition coefficient (Wildman–Crippen LogP) is 4.92. The van der Waals surface area contributed by atoms with Crippen molar-refractivity contribution in [2.45, 2.75) is 25.7 Å². The summed E-state index contributed by atoms with van der Waals surface area (Å²) in [5, 5.41) is 0.702. The number of hydrogen-bond acceptors (Lipinski definition) is 2. The van der Waals surface area contributed by atoms with E-state index in [0.717, 1.165) is 28.8 Å². The third kappa shape index (κ3) is 3.02. The second kappa shape index (κ2) is 5.87. The first-order valence-electron chi connectivity index (χ1n) is 5.79. The molecule has 0 bridgehead atoms. The Kier molecular flexibility index (Phi) is 4.46. The fourth-order valence-corrected chi connectivity index (χ4v) is 2.87. The minimum atomic E-state index is 0.425. The third-order valence-corrected chi connectivity index (χ3v) is 4.11. The van der Waals surface area contributed by atoms with E-state index in [1.807, 2.05) is 18.2 Å². The molecular formula is C13H15BrClNO. The van der Waals surface area contributed by atoms with E-state index in [4.69, 9.17) is 16.3 Å². The Balaban J connectivity index is 2.30. The number of para-hydroxylation sites is 1. The predicted molar refractivity (Wildman–Crippen MR) is 75.6 cm³/mol. The summed E-state index contributed by atoms with van der Waals surface area (Å²) in [4.78, 5) is 4.52. The van der Waals surface area contributed by atoms with Gasteiger partial charge in [0.1, 0.15) is 16.6 Å². The smallest absolute Gasteiger partial charge is 0.145 e. The van der Waals surface area contributed by atoms with Crippen LogP contribution in [0.5, 0.6) is 5.75 Å². The maximum atomic E-state index is 6.30. The largest absolute Gasteiger partial charge is 0.494 e. The second-order valence-electron chi connectivity index (χ2n) is 4.21. The lowest BCUT2D eigenvalue weighted by molar-refractivity contribution is 0.416. The first-order chi connectivity index (χ1) is 8.22. The molecule has 1 aliphatic rings. The first kappa shape index (κ1) is 12.9. The number of hydrogen-bond donors (Lipinski definition) is 0. The maximum Gasteiger partial charge on any atom is 0.145 e. The molecule has 1 saturated carbocycles. The fraction of sp³-hybridized carbons (Fsp3) is 0.462. The molecule has 0 amide bonds. The van der Waals surface area contributed by atoms with Crippen LogP contribution in [0.1, 0.15) is 25.7 Å². The van der Waals surface area contributed by atoms with E-state index in [0.29, 0.717) is 11.1 Å². The van der Waals surface area contributed by atoms with Gasteiger partial charge in [0, 0.05) is 10.4 Å². The van der Waals surface area contributed by atoms with Crippen LogP contribution in [0, 0.1) is 5.92 Å². The lowest BCUT2D eigenvalue weighted by atomic mass is 10.1. The van der Waals surface area contributed by atoms with Gasteiger partial charge in [0.25, 0.3) is 0 Å². The van der Waals surface area contributed by atoms with Crippen LogP contribution >= 0.6 is 27.5 Å². The molecule has 0 spiro atoms. The van der Waals surface area contributed by atoms with Crippen LogP contribution in [0.15, 0.2) is 27.7 Å². The van der Waals surface area contributed by atoms with Crippen LogP contribution in [0.3, 0.4) is 0 Å². The Morgan fingerprint density at radius 3 is 2.76 bits per heavy atom. The molecule has 1 aromatic rings. The van der Waals surface area contributed by atoms with Crippen LogP contribution in [0.4, 0.5) is 5.69 Å². The topological polar surface area (TPSA) is 21.6 Å². The lowest BCUT2D eigenvalue weighted by Crippen LogP contribution is -2.03. The fourth-order valence-electron chi connectivity index (χ4n) is 2.13. The van der Waals surface area contributed by atoms with E-state index in [-0.39, 0.29) is 0 Å². The SMILES string of the molecule is COc1cccc(Br)c1N=C(Cl)C1CCCC1. The zero-order chi connectivity index (χ0) is 12.3. The average Bonchev–Trinajstić information content (AvgIpc) is 2.85. The zero-order valence-corrected chi connectivity index (χ0v) is 12.1. The van der Waals surface area contributed by atoms with Crippen molar-refractivity contribution in [2.24, 2.45) is 10.9 Å². The normalized spacial score (nSPS) is 17.5.